The summed E-state index contributed by atoms with van der Waals surface area (Å²) in [6.07, 6.45) is 0.0728. The van der Waals surface area contributed by atoms with E-state index in [2.05, 4.69) is 41.8 Å². The maximum atomic E-state index is 12.7. The van der Waals surface area contributed by atoms with E-state index in [0.29, 0.717) is 19.6 Å². The molecule has 0 amide bonds. The van der Waals surface area contributed by atoms with Crippen LogP contribution in [0.2, 0.25) is 0 Å². The van der Waals surface area contributed by atoms with Crippen LogP contribution in [0.3, 0.4) is 0 Å². The van der Waals surface area contributed by atoms with E-state index < -0.39 is 36.3 Å². The Labute approximate surface area is 265 Å². The molecule has 1 heterocycles. The Morgan fingerprint density at radius 1 is 0.689 bits per heavy atom. The molecule has 5 atom stereocenters. The van der Waals surface area contributed by atoms with Crippen molar-refractivity contribution in [3.63, 3.8) is 0 Å². The summed E-state index contributed by atoms with van der Waals surface area (Å²) in [6, 6.07) is 33.6. The topological polar surface area (TPSA) is 74.3 Å². The minimum absolute atomic E-state index is 0.254. The second-order valence-electron chi connectivity index (χ2n) is 11.4. The van der Waals surface area contributed by atoms with Gasteiger partial charge in [0.1, 0.15) is 18.3 Å². The minimum Gasteiger partial charge on any atom is -0.458 e. The Morgan fingerprint density at radius 2 is 1.27 bits per heavy atom. The first-order valence-electron chi connectivity index (χ1n) is 15.4. The number of fused-ring (bicyclic) bond motifs is 1. The van der Waals surface area contributed by atoms with Crippen LogP contribution >= 0.6 is 0 Å². The molecule has 0 radical (unpaired) electrons. The summed E-state index contributed by atoms with van der Waals surface area (Å²) in [4.78, 5) is 27.5. The van der Waals surface area contributed by atoms with Crippen molar-refractivity contribution in [3.8, 4) is 0 Å². The summed E-state index contributed by atoms with van der Waals surface area (Å²) in [7, 11) is 0. The molecule has 1 aliphatic rings. The van der Waals surface area contributed by atoms with Crippen molar-refractivity contribution in [1.82, 2.24) is 4.90 Å². The fourth-order valence-corrected chi connectivity index (χ4v) is 6.16. The average molecular weight is 608 g/mol. The summed E-state index contributed by atoms with van der Waals surface area (Å²) in [5, 5.41) is 2.27. The van der Waals surface area contributed by atoms with Crippen LogP contribution in [-0.4, -0.2) is 53.8 Å². The second kappa shape index (κ2) is 15.6. The molecule has 0 saturated carbocycles. The van der Waals surface area contributed by atoms with E-state index in [4.69, 9.17) is 18.9 Å². The monoisotopic (exact) mass is 607 g/mol. The van der Waals surface area contributed by atoms with E-state index in [0.717, 1.165) is 27.5 Å². The minimum atomic E-state index is -0.784. The lowest BCUT2D eigenvalue weighted by molar-refractivity contribution is -0.222. The molecule has 1 fully saturated rings. The van der Waals surface area contributed by atoms with Crippen LogP contribution < -0.4 is 0 Å². The maximum Gasteiger partial charge on any atom is 0.303 e. The number of ether oxygens (including phenoxy) is 4. The van der Waals surface area contributed by atoms with Gasteiger partial charge in [0.15, 0.2) is 0 Å². The van der Waals surface area contributed by atoms with E-state index in [1.165, 1.54) is 13.8 Å². The van der Waals surface area contributed by atoms with E-state index >= 15 is 0 Å². The van der Waals surface area contributed by atoms with Gasteiger partial charge in [-0.15, -0.1) is 6.58 Å². The van der Waals surface area contributed by atoms with Crippen LogP contribution in [0, 0.1) is 0 Å². The van der Waals surface area contributed by atoms with Gasteiger partial charge in [0, 0.05) is 20.4 Å². The molecule has 45 heavy (non-hydrogen) atoms. The molecule has 0 aromatic heterocycles. The number of piperidine rings is 1. The molecule has 7 nitrogen and oxygen atoms in total. The number of carbonyl (C=O) groups is 2. The third-order valence-corrected chi connectivity index (χ3v) is 8.13. The van der Waals surface area contributed by atoms with Gasteiger partial charge in [0.2, 0.25) is 0 Å². The predicted molar refractivity (Wildman–Crippen MR) is 174 cm³/mol. The second-order valence-corrected chi connectivity index (χ2v) is 11.4. The molecule has 1 aliphatic heterocycles. The predicted octanol–water partition coefficient (Wildman–Crippen LogP) is 6.63. The number of esters is 2. The van der Waals surface area contributed by atoms with Gasteiger partial charge in [0.05, 0.1) is 31.9 Å². The van der Waals surface area contributed by atoms with Crippen LogP contribution in [-0.2, 0) is 48.3 Å². The summed E-state index contributed by atoms with van der Waals surface area (Å²) in [5.74, 6) is -0.885. The Morgan fingerprint density at radius 3 is 1.89 bits per heavy atom. The van der Waals surface area contributed by atoms with Crippen molar-refractivity contribution in [2.75, 3.05) is 6.61 Å². The summed E-state index contributed by atoms with van der Waals surface area (Å²) in [6.45, 7) is 8.23. The summed E-state index contributed by atoms with van der Waals surface area (Å²) in [5.41, 5.74) is 3.06. The molecule has 0 N–H and O–H groups in total. The van der Waals surface area contributed by atoms with Crippen molar-refractivity contribution in [2.45, 2.75) is 70.4 Å². The molecule has 234 valence electrons. The van der Waals surface area contributed by atoms with Gasteiger partial charge in [-0.3, -0.25) is 14.5 Å². The van der Waals surface area contributed by atoms with Gasteiger partial charge in [-0.1, -0.05) is 103 Å². The molecule has 0 spiro atoms. The Balaban J connectivity index is 1.55. The molecule has 4 aromatic rings. The lowest BCUT2D eigenvalue weighted by atomic mass is 9.85. The molecule has 7 heteroatoms. The lowest BCUT2D eigenvalue weighted by Crippen LogP contribution is -2.69. The van der Waals surface area contributed by atoms with Crippen LogP contribution in [0.15, 0.2) is 116 Å². The number of rotatable bonds is 13. The fraction of sp³-hybridized carbons (Fsp3) is 0.316. The zero-order valence-electron chi connectivity index (χ0n) is 25.9. The number of carbonyl (C=O) groups excluding carboxylic acids is 2. The van der Waals surface area contributed by atoms with Crippen molar-refractivity contribution in [3.05, 3.63) is 132 Å². The van der Waals surface area contributed by atoms with Gasteiger partial charge >= 0.3 is 11.9 Å². The molecule has 0 aliphatic carbocycles. The van der Waals surface area contributed by atoms with Crippen molar-refractivity contribution >= 4 is 22.7 Å². The van der Waals surface area contributed by atoms with Crippen molar-refractivity contribution < 1.29 is 28.5 Å². The molecular formula is C38H41NO6. The maximum absolute atomic E-state index is 12.7. The van der Waals surface area contributed by atoms with Crippen molar-refractivity contribution in [2.24, 2.45) is 0 Å². The van der Waals surface area contributed by atoms with Crippen LogP contribution in [0.5, 0.6) is 0 Å². The van der Waals surface area contributed by atoms with Crippen LogP contribution in [0.4, 0.5) is 0 Å². The van der Waals surface area contributed by atoms with Gasteiger partial charge in [-0.2, -0.15) is 0 Å². The first-order chi connectivity index (χ1) is 21.9. The zero-order valence-corrected chi connectivity index (χ0v) is 25.9. The third kappa shape index (κ3) is 8.45. The van der Waals surface area contributed by atoms with Gasteiger partial charge in [0.25, 0.3) is 0 Å². The Kier molecular flexibility index (Phi) is 11.1. The highest BCUT2D eigenvalue weighted by molar-refractivity contribution is 5.83. The average Bonchev–Trinajstić information content (AvgIpc) is 3.04. The Bertz CT molecular complexity index is 1560. The molecular weight excluding hydrogens is 566 g/mol. The number of likely N-dealkylation sites (tertiary alicyclic amines) is 1. The van der Waals surface area contributed by atoms with E-state index in [-0.39, 0.29) is 19.3 Å². The van der Waals surface area contributed by atoms with Gasteiger partial charge in [-0.25, -0.2) is 0 Å². The van der Waals surface area contributed by atoms with Crippen LogP contribution in [0.25, 0.3) is 10.8 Å². The number of hydrogen-bond donors (Lipinski definition) is 0. The van der Waals surface area contributed by atoms with Crippen LogP contribution in [0.1, 0.15) is 37.0 Å². The number of hydrogen-bond acceptors (Lipinski definition) is 7. The van der Waals surface area contributed by atoms with Crippen molar-refractivity contribution in [1.29, 1.82) is 0 Å². The lowest BCUT2D eigenvalue weighted by Gasteiger charge is -2.52. The molecule has 4 aromatic carbocycles. The van der Waals surface area contributed by atoms with E-state index in [9.17, 15) is 9.59 Å². The van der Waals surface area contributed by atoms with E-state index in [1.54, 1.807) is 0 Å². The molecule has 0 unspecified atom stereocenters. The third-order valence-electron chi connectivity index (χ3n) is 8.13. The normalized spacial score (nSPS) is 21.7. The largest absolute Gasteiger partial charge is 0.458 e. The van der Waals surface area contributed by atoms with Gasteiger partial charge < -0.3 is 18.9 Å². The summed E-state index contributed by atoms with van der Waals surface area (Å²) >= 11 is 0. The summed E-state index contributed by atoms with van der Waals surface area (Å²) < 4.78 is 25.0. The standard InChI is InChI=1S/C38H41NO6/c1-4-13-34-36(44-27(2)40)38(43-25-30-16-9-6-10-17-30)37(45-28(3)41)35(26-42-24-29-14-7-5-8-15-29)39(34)23-31-20-21-32-18-11-12-19-33(32)22-31/h4-12,14-22,34-38H,1,13,23-26H2,2-3H3/t34-,35-,36+,37-,38-/m1/s1. The highest BCUT2D eigenvalue weighted by Crippen LogP contribution is 2.35. The molecule has 5 rings (SSSR count). The SMILES string of the molecule is C=CC[C@@H]1[C@H](OC(C)=O)[C@@H](OCc2ccccc2)[C@H](OC(C)=O)[C@@H](COCc2ccccc2)N1Cc1ccc2ccccc2c1. The first kappa shape index (κ1) is 32.1. The van der Waals surface area contributed by atoms with E-state index in [1.807, 2.05) is 78.9 Å². The smallest absolute Gasteiger partial charge is 0.303 e. The van der Waals surface area contributed by atoms with Gasteiger partial charge in [-0.05, 0) is 39.9 Å². The number of nitrogens with zero attached hydrogens (tertiary/aromatic N) is 1. The quantitative estimate of drug-likeness (QED) is 0.125. The zero-order chi connectivity index (χ0) is 31.6. The number of benzene rings is 4. The fourth-order valence-electron chi connectivity index (χ4n) is 6.16. The first-order valence-corrected chi connectivity index (χ1v) is 15.4. The highest BCUT2D eigenvalue weighted by Gasteiger charge is 2.53. The highest BCUT2D eigenvalue weighted by atomic mass is 16.6. The molecule has 1 saturated heterocycles. The Hall–Kier alpha value is -4.30. The molecule has 0 bridgehead atoms.